The van der Waals surface area contributed by atoms with Crippen LogP contribution in [0.4, 0.5) is 11.4 Å². The van der Waals surface area contributed by atoms with Gasteiger partial charge in [-0.3, -0.25) is 0 Å². The minimum atomic E-state index is 0.526. The van der Waals surface area contributed by atoms with E-state index in [4.69, 9.17) is 23.8 Å². The van der Waals surface area contributed by atoms with Gasteiger partial charge in [0.25, 0.3) is 0 Å². The second-order valence-electron chi connectivity index (χ2n) is 5.76. The zero-order chi connectivity index (χ0) is 16.5. The first-order chi connectivity index (χ1) is 11.7. The molecule has 0 amide bonds. The van der Waals surface area contributed by atoms with Crippen molar-refractivity contribution in [3.8, 4) is 11.1 Å². The van der Waals surface area contributed by atoms with Gasteiger partial charge in [-0.2, -0.15) is 0 Å². The molecule has 4 rings (SSSR count). The number of nitrogens with one attached hydrogen (secondary N) is 2. The highest BCUT2D eigenvalue weighted by Gasteiger charge is 2.17. The van der Waals surface area contributed by atoms with Crippen molar-refractivity contribution in [1.82, 2.24) is 0 Å². The minimum Gasteiger partial charge on any atom is -0.332 e. The predicted molar refractivity (Wildman–Crippen MR) is 106 cm³/mol. The van der Waals surface area contributed by atoms with Gasteiger partial charge in [0.1, 0.15) is 0 Å². The van der Waals surface area contributed by atoms with Crippen molar-refractivity contribution >= 4 is 40.3 Å². The molecular weight excluding hydrogens is 336 g/mol. The number of hydrogen-bond acceptors (Lipinski definition) is 1. The number of benzene rings is 3. The molecule has 118 valence electrons. The predicted octanol–water partition coefficient (Wildman–Crippen LogP) is 5.72. The second kappa shape index (κ2) is 6.27. The molecule has 0 radical (unpaired) electrons. The molecule has 1 aliphatic carbocycles. The summed E-state index contributed by atoms with van der Waals surface area (Å²) in [6.45, 7) is 0. The van der Waals surface area contributed by atoms with Crippen molar-refractivity contribution in [3.63, 3.8) is 0 Å². The molecule has 2 N–H and O–H groups in total. The number of para-hydroxylation sites is 1. The van der Waals surface area contributed by atoms with Crippen LogP contribution >= 0.6 is 23.8 Å². The van der Waals surface area contributed by atoms with E-state index in [0.29, 0.717) is 10.1 Å². The Bertz CT molecular complexity index is 936. The van der Waals surface area contributed by atoms with Gasteiger partial charge >= 0.3 is 0 Å². The Kier molecular flexibility index (Phi) is 3.97. The van der Waals surface area contributed by atoms with Gasteiger partial charge in [-0.05, 0) is 65.2 Å². The maximum atomic E-state index is 6.15. The summed E-state index contributed by atoms with van der Waals surface area (Å²) >= 11 is 11.5. The van der Waals surface area contributed by atoms with E-state index in [1.54, 1.807) is 0 Å². The quantitative estimate of drug-likeness (QED) is 0.452. The van der Waals surface area contributed by atoms with E-state index in [1.165, 1.54) is 22.3 Å². The molecule has 0 fully saturated rings. The molecule has 2 nitrogen and oxygen atoms in total. The van der Waals surface area contributed by atoms with Gasteiger partial charge in [-0.25, -0.2) is 0 Å². The Morgan fingerprint density at radius 1 is 0.833 bits per heavy atom. The molecule has 0 atom stereocenters. The van der Waals surface area contributed by atoms with E-state index in [1.807, 2.05) is 24.3 Å². The lowest BCUT2D eigenvalue weighted by atomic mass is 10.1. The number of anilines is 2. The number of rotatable bonds is 2. The SMILES string of the molecule is S=C(Nc1ccc2c(c1)Cc1ccccc1-2)Nc1ccccc1Cl. The minimum absolute atomic E-state index is 0.526. The Morgan fingerprint density at radius 3 is 2.46 bits per heavy atom. The molecule has 0 aromatic heterocycles. The molecule has 0 aliphatic heterocycles. The highest BCUT2D eigenvalue weighted by atomic mass is 35.5. The standard InChI is InChI=1S/C20H15ClN2S/c21-18-7-3-4-8-19(18)23-20(24)22-15-9-10-17-14(12-15)11-13-5-1-2-6-16(13)17/h1-10,12H,11H2,(H2,22,23,24). The largest absolute Gasteiger partial charge is 0.332 e. The topological polar surface area (TPSA) is 24.1 Å². The van der Waals surface area contributed by atoms with Crippen LogP contribution in [0.3, 0.4) is 0 Å². The van der Waals surface area contributed by atoms with E-state index in [2.05, 4.69) is 53.1 Å². The first-order valence-electron chi connectivity index (χ1n) is 7.74. The molecular formula is C20H15ClN2S. The smallest absolute Gasteiger partial charge is 0.175 e. The highest BCUT2D eigenvalue weighted by molar-refractivity contribution is 7.80. The van der Waals surface area contributed by atoms with Crippen LogP contribution < -0.4 is 10.6 Å². The molecule has 24 heavy (non-hydrogen) atoms. The fraction of sp³-hybridized carbons (Fsp3) is 0.0500. The van der Waals surface area contributed by atoms with E-state index >= 15 is 0 Å². The first-order valence-corrected chi connectivity index (χ1v) is 8.53. The van der Waals surface area contributed by atoms with Crippen molar-refractivity contribution in [1.29, 1.82) is 0 Å². The van der Waals surface area contributed by atoms with Gasteiger partial charge in [0.15, 0.2) is 5.11 Å². The summed E-state index contributed by atoms with van der Waals surface area (Å²) in [6.07, 6.45) is 0.964. The maximum absolute atomic E-state index is 6.15. The average molecular weight is 351 g/mol. The van der Waals surface area contributed by atoms with Gasteiger partial charge in [0.2, 0.25) is 0 Å². The number of fused-ring (bicyclic) bond motifs is 3. The van der Waals surface area contributed by atoms with Gasteiger partial charge in [-0.1, -0.05) is 54.1 Å². The van der Waals surface area contributed by atoms with Crippen molar-refractivity contribution in [2.45, 2.75) is 6.42 Å². The monoisotopic (exact) mass is 350 g/mol. The molecule has 0 saturated heterocycles. The average Bonchev–Trinajstić information content (AvgIpc) is 2.94. The summed E-state index contributed by atoms with van der Waals surface area (Å²) in [5, 5.41) is 7.54. The Hall–Kier alpha value is -2.36. The summed E-state index contributed by atoms with van der Waals surface area (Å²) in [7, 11) is 0. The third-order valence-corrected chi connectivity index (χ3v) is 4.71. The highest BCUT2D eigenvalue weighted by Crippen LogP contribution is 2.37. The lowest BCUT2D eigenvalue weighted by Crippen LogP contribution is -2.19. The third-order valence-electron chi connectivity index (χ3n) is 4.17. The summed E-state index contributed by atoms with van der Waals surface area (Å²) in [6, 6.07) is 22.5. The van der Waals surface area contributed by atoms with E-state index < -0.39 is 0 Å². The van der Waals surface area contributed by atoms with Crippen molar-refractivity contribution in [3.05, 3.63) is 82.9 Å². The van der Waals surface area contributed by atoms with E-state index in [0.717, 1.165) is 17.8 Å². The van der Waals surface area contributed by atoms with Crippen LogP contribution in [0.5, 0.6) is 0 Å². The van der Waals surface area contributed by atoms with E-state index in [9.17, 15) is 0 Å². The van der Waals surface area contributed by atoms with Crippen LogP contribution in [-0.4, -0.2) is 5.11 Å². The molecule has 0 bridgehead atoms. The Morgan fingerprint density at radius 2 is 1.58 bits per heavy atom. The van der Waals surface area contributed by atoms with Gasteiger partial charge < -0.3 is 10.6 Å². The van der Waals surface area contributed by atoms with E-state index in [-0.39, 0.29) is 0 Å². The maximum Gasteiger partial charge on any atom is 0.175 e. The summed E-state index contributed by atoms with van der Waals surface area (Å²) in [4.78, 5) is 0. The van der Waals surface area contributed by atoms with Gasteiger partial charge in [-0.15, -0.1) is 0 Å². The lowest BCUT2D eigenvalue weighted by Gasteiger charge is -2.12. The van der Waals surface area contributed by atoms with Crippen LogP contribution in [0.15, 0.2) is 66.7 Å². The fourth-order valence-electron chi connectivity index (χ4n) is 3.07. The zero-order valence-corrected chi connectivity index (χ0v) is 14.4. The molecule has 0 heterocycles. The Balaban J connectivity index is 1.52. The number of thiocarbonyl (C=S) groups is 1. The summed E-state index contributed by atoms with van der Waals surface area (Å²) in [5.74, 6) is 0. The number of halogens is 1. The summed E-state index contributed by atoms with van der Waals surface area (Å²) in [5.41, 5.74) is 7.11. The van der Waals surface area contributed by atoms with Crippen molar-refractivity contribution in [2.24, 2.45) is 0 Å². The lowest BCUT2D eigenvalue weighted by molar-refractivity contribution is 1.26. The van der Waals surface area contributed by atoms with Crippen LogP contribution in [0.2, 0.25) is 5.02 Å². The normalized spacial score (nSPS) is 11.5. The molecule has 3 aromatic carbocycles. The van der Waals surface area contributed by atoms with Crippen LogP contribution in [-0.2, 0) is 6.42 Å². The molecule has 0 spiro atoms. The molecule has 0 unspecified atom stereocenters. The number of hydrogen-bond donors (Lipinski definition) is 2. The van der Waals surface area contributed by atoms with Crippen LogP contribution in [0.1, 0.15) is 11.1 Å². The molecule has 4 heteroatoms. The molecule has 0 saturated carbocycles. The second-order valence-corrected chi connectivity index (χ2v) is 6.58. The third kappa shape index (κ3) is 2.88. The fourth-order valence-corrected chi connectivity index (χ4v) is 3.48. The first kappa shape index (κ1) is 15.2. The van der Waals surface area contributed by atoms with Gasteiger partial charge in [0.05, 0.1) is 10.7 Å². The van der Waals surface area contributed by atoms with Gasteiger partial charge in [0, 0.05) is 5.69 Å². The zero-order valence-electron chi connectivity index (χ0n) is 12.8. The molecule has 1 aliphatic rings. The summed E-state index contributed by atoms with van der Waals surface area (Å²) < 4.78 is 0. The van der Waals surface area contributed by atoms with Crippen molar-refractivity contribution in [2.75, 3.05) is 10.6 Å². The van der Waals surface area contributed by atoms with Crippen LogP contribution in [0.25, 0.3) is 11.1 Å². The molecule has 3 aromatic rings. The van der Waals surface area contributed by atoms with Crippen molar-refractivity contribution < 1.29 is 0 Å². The van der Waals surface area contributed by atoms with Crippen LogP contribution in [0, 0.1) is 0 Å². The Labute approximate surface area is 151 Å².